The lowest BCUT2D eigenvalue weighted by molar-refractivity contribution is 0.129. The number of rotatable bonds is 6. The first-order valence-electron chi connectivity index (χ1n) is 6.90. The number of benzene rings is 1. The Hall–Kier alpha value is -1.88. The van der Waals surface area contributed by atoms with Crippen molar-refractivity contribution in [3.05, 3.63) is 30.2 Å². The Kier molecular flexibility index (Phi) is 4.74. The molecule has 2 aromatic rings. The molecular formula is C15H20N2O3. The highest BCUT2D eigenvalue weighted by Crippen LogP contribution is 2.25. The summed E-state index contributed by atoms with van der Waals surface area (Å²) in [4.78, 5) is 4.36. The van der Waals surface area contributed by atoms with Gasteiger partial charge in [0.1, 0.15) is 5.75 Å². The van der Waals surface area contributed by atoms with E-state index in [9.17, 15) is 5.11 Å². The molecule has 0 saturated carbocycles. The van der Waals surface area contributed by atoms with E-state index in [4.69, 9.17) is 9.26 Å². The van der Waals surface area contributed by atoms with E-state index >= 15 is 0 Å². The molecule has 2 unspecified atom stereocenters. The highest BCUT2D eigenvalue weighted by Gasteiger charge is 2.21. The average Bonchev–Trinajstić information content (AvgIpc) is 2.96. The summed E-state index contributed by atoms with van der Waals surface area (Å²) >= 11 is 0. The Bertz CT molecular complexity index is 554. The molecule has 2 atom stereocenters. The van der Waals surface area contributed by atoms with Crippen LogP contribution in [-0.4, -0.2) is 28.0 Å². The fourth-order valence-corrected chi connectivity index (χ4v) is 1.95. The van der Waals surface area contributed by atoms with E-state index < -0.39 is 6.10 Å². The molecule has 2 rings (SSSR count). The first-order chi connectivity index (χ1) is 9.65. The van der Waals surface area contributed by atoms with Crippen molar-refractivity contribution in [3.63, 3.8) is 0 Å². The Balaban J connectivity index is 2.22. The van der Waals surface area contributed by atoms with Crippen molar-refractivity contribution < 1.29 is 14.4 Å². The maximum Gasteiger partial charge on any atom is 0.232 e. The summed E-state index contributed by atoms with van der Waals surface area (Å²) in [5.74, 6) is 1.57. The number of hydrogen-bond donors (Lipinski definition) is 1. The van der Waals surface area contributed by atoms with E-state index in [0.29, 0.717) is 24.7 Å². The molecule has 108 valence electrons. The van der Waals surface area contributed by atoms with Gasteiger partial charge in [-0.05, 0) is 25.5 Å². The highest BCUT2D eigenvalue weighted by molar-refractivity contribution is 5.56. The molecule has 1 aromatic heterocycles. The van der Waals surface area contributed by atoms with Crippen molar-refractivity contribution in [2.45, 2.75) is 39.2 Å². The molecule has 0 amide bonds. The first-order valence-corrected chi connectivity index (χ1v) is 6.90. The third kappa shape index (κ3) is 3.17. The number of nitrogens with zero attached hydrogens (tertiary/aromatic N) is 2. The van der Waals surface area contributed by atoms with Gasteiger partial charge in [0.2, 0.25) is 11.7 Å². The van der Waals surface area contributed by atoms with Gasteiger partial charge in [0.05, 0.1) is 18.6 Å². The van der Waals surface area contributed by atoms with Gasteiger partial charge in [-0.25, -0.2) is 0 Å². The third-order valence-corrected chi connectivity index (χ3v) is 3.23. The maximum atomic E-state index is 9.83. The third-order valence-electron chi connectivity index (χ3n) is 3.23. The van der Waals surface area contributed by atoms with Crippen LogP contribution < -0.4 is 4.74 Å². The molecule has 0 aliphatic carbocycles. The van der Waals surface area contributed by atoms with E-state index in [1.54, 1.807) is 0 Å². The van der Waals surface area contributed by atoms with Crippen LogP contribution in [0.4, 0.5) is 0 Å². The second-order valence-electron chi connectivity index (χ2n) is 4.68. The number of aliphatic hydroxyl groups is 1. The Morgan fingerprint density at radius 1 is 1.35 bits per heavy atom. The van der Waals surface area contributed by atoms with Gasteiger partial charge >= 0.3 is 0 Å². The Morgan fingerprint density at radius 2 is 2.15 bits per heavy atom. The molecule has 1 heterocycles. The first kappa shape index (κ1) is 14.5. The largest absolute Gasteiger partial charge is 0.494 e. The van der Waals surface area contributed by atoms with Crippen molar-refractivity contribution in [2.75, 3.05) is 6.61 Å². The summed E-state index contributed by atoms with van der Waals surface area (Å²) in [6.45, 7) is 6.35. The molecular weight excluding hydrogens is 256 g/mol. The summed E-state index contributed by atoms with van der Waals surface area (Å²) in [6, 6.07) is 7.55. The second-order valence-corrected chi connectivity index (χ2v) is 4.68. The van der Waals surface area contributed by atoms with Crippen LogP contribution in [0.5, 0.6) is 5.75 Å². The zero-order valence-electron chi connectivity index (χ0n) is 12.0. The number of hydrogen-bond acceptors (Lipinski definition) is 5. The van der Waals surface area contributed by atoms with E-state index in [1.807, 2.05) is 45.0 Å². The lowest BCUT2D eigenvalue weighted by Crippen LogP contribution is -2.14. The quantitative estimate of drug-likeness (QED) is 0.878. The normalized spacial score (nSPS) is 14.0. The topological polar surface area (TPSA) is 68.4 Å². The van der Waals surface area contributed by atoms with Crippen molar-refractivity contribution in [1.29, 1.82) is 0 Å². The van der Waals surface area contributed by atoms with Crippen molar-refractivity contribution in [2.24, 2.45) is 0 Å². The van der Waals surface area contributed by atoms with Crippen LogP contribution >= 0.6 is 0 Å². The van der Waals surface area contributed by atoms with Crippen LogP contribution in [0.15, 0.2) is 28.8 Å². The van der Waals surface area contributed by atoms with Gasteiger partial charge in [0, 0.05) is 5.56 Å². The van der Waals surface area contributed by atoms with Crippen LogP contribution in [0.1, 0.15) is 39.0 Å². The molecule has 0 spiro atoms. The molecule has 1 N–H and O–H groups in total. The minimum atomic E-state index is -0.474. The fraction of sp³-hybridized carbons (Fsp3) is 0.467. The predicted molar refractivity (Wildman–Crippen MR) is 75.6 cm³/mol. The number of aliphatic hydroxyl groups excluding tert-OH is 1. The lowest BCUT2D eigenvalue weighted by Gasteiger charge is -2.11. The summed E-state index contributed by atoms with van der Waals surface area (Å²) in [6.07, 6.45) is 0.177. The predicted octanol–water partition coefficient (Wildman–Crippen LogP) is 3.01. The molecule has 0 saturated heterocycles. The number of ether oxygens (including phenoxy) is 1. The minimum absolute atomic E-state index is 0.170. The summed E-state index contributed by atoms with van der Waals surface area (Å²) in [5.41, 5.74) is 0.837. The van der Waals surface area contributed by atoms with Gasteiger partial charge in [-0.1, -0.05) is 31.1 Å². The molecule has 1 aromatic carbocycles. The molecule has 5 heteroatoms. The van der Waals surface area contributed by atoms with E-state index in [-0.39, 0.29) is 5.92 Å². The van der Waals surface area contributed by atoms with E-state index in [1.165, 1.54) is 0 Å². The molecule has 0 radical (unpaired) electrons. The Labute approximate surface area is 118 Å². The molecule has 0 fully saturated rings. The van der Waals surface area contributed by atoms with Gasteiger partial charge < -0.3 is 14.4 Å². The smallest absolute Gasteiger partial charge is 0.232 e. The van der Waals surface area contributed by atoms with E-state index in [2.05, 4.69) is 10.1 Å². The SMILES string of the molecule is CCOc1cccc(-c2noc(C(C)C(O)CC)n2)c1. The molecule has 0 aliphatic heterocycles. The van der Waals surface area contributed by atoms with Crippen LogP contribution in [0.2, 0.25) is 0 Å². The summed E-state index contributed by atoms with van der Waals surface area (Å²) in [5, 5.41) is 13.8. The summed E-state index contributed by atoms with van der Waals surface area (Å²) < 4.78 is 10.7. The summed E-state index contributed by atoms with van der Waals surface area (Å²) in [7, 11) is 0. The van der Waals surface area contributed by atoms with E-state index in [0.717, 1.165) is 11.3 Å². The van der Waals surface area contributed by atoms with Crippen LogP contribution in [0.3, 0.4) is 0 Å². The zero-order valence-corrected chi connectivity index (χ0v) is 12.0. The van der Waals surface area contributed by atoms with Gasteiger partial charge in [0.15, 0.2) is 0 Å². The zero-order chi connectivity index (χ0) is 14.5. The second kappa shape index (κ2) is 6.52. The lowest BCUT2D eigenvalue weighted by atomic mass is 10.0. The standard InChI is InChI=1S/C15H20N2O3/c1-4-13(18)10(3)15-16-14(17-20-15)11-7-6-8-12(9-11)19-5-2/h6-10,13,18H,4-5H2,1-3H3. The van der Waals surface area contributed by atoms with Crippen molar-refractivity contribution in [1.82, 2.24) is 10.1 Å². The number of aromatic nitrogens is 2. The van der Waals surface area contributed by atoms with Gasteiger partial charge in [0.25, 0.3) is 0 Å². The highest BCUT2D eigenvalue weighted by atomic mass is 16.5. The van der Waals surface area contributed by atoms with Crippen LogP contribution in [0.25, 0.3) is 11.4 Å². The van der Waals surface area contributed by atoms with Crippen molar-refractivity contribution in [3.8, 4) is 17.1 Å². The minimum Gasteiger partial charge on any atom is -0.494 e. The van der Waals surface area contributed by atoms with Gasteiger partial charge in [-0.15, -0.1) is 0 Å². The molecule has 0 bridgehead atoms. The molecule has 0 aliphatic rings. The van der Waals surface area contributed by atoms with Gasteiger partial charge in [-0.2, -0.15) is 4.98 Å². The van der Waals surface area contributed by atoms with Crippen molar-refractivity contribution >= 4 is 0 Å². The molecule has 5 nitrogen and oxygen atoms in total. The Morgan fingerprint density at radius 3 is 2.85 bits per heavy atom. The van der Waals surface area contributed by atoms with Crippen LogP contribution in [0, 0.1) is 0 Å². The molecule has 20 heavy (non-hydrogen) atoms. The van der Waals surface area contributed by atoms with Crippen LogP contribution in [-0.2, 0) is 0 Å². The maximum absolute atomic E-state index is 9.83. The average molecular weight is 276 g/mol. The van der Waals surface area contributed by atoms with Gasteiger partial charge in [-0.3, -0.25) is 0 Å². The fourth-order valence-electron chi connectivity index (χ4n) is 1.95. The monoisotopic (exact) mass is 276 g/mol.